The molecule has 1 aromatic carbocycles. The van der Waals surface area contributed by atoms with Gasteiger partial charge in [-0.2, -0.15) is 0 Å². The fourth-order valence-corrected chi connectivity index (χ4v) is 1.80. The van der Waals surface area contributed by atoms with Crippen LogP contribution in [0.25, 0.3) is 5.70 Å². The molecule has 112 valence electrons. The molecule has 0 radical (unpaired) electrons. The number of carboxylic acid groups (broad SMARTS) is 2. The summed E-state index contributed by atoms with van der Waals surface area (Å²) in [5.74, 6) is -3.48. The maximum atomic E-state index is 11.3. The molecule has 0 aliphatic carbocycles. The van der Waals surface area contributed by atoms with Crippen LogP contribution in [0.15, 0.2) is 54.2 Å². The first-order valence-electron chi connectivity index (χ1n) is 6.18. The largest absolute Gasteiger partial charge is 0.504 e. The lowest BCUT2D eigenvalue weighted by atomic mass is 10.1. The molecular formula is C15H12N2O5. The van der Waals surface area contributed by atoms with Crippen LogP contribution in [0.2, 0.25) is 0 Å². The maximum Gasteiger partial charge on any atom is 0.345 e. The van der Waals surface area contributed by atoms with Crippen molar-refractivity contribution in [1.82, 2.24) is 4.98 Å². The van der Waals surface area contributed by atoms with Gasteiger partial charge in [0, 0.05) is 6.20 Å². The number of aromatic nitrogens is 1. The number of benzene rings is 1. The Morgan fingerprint density at radius 2 is 1.59 bits per heavy atom. The average molecular weight is 300 g/mol. The second kappa shape index (κ2) is 6.40. The standard InChI is InChI=1S/C15H12N2O5/c18-10-7-4-8-16-13(10)17-12(9-5-2-1-3-6-9)11(14(19)20)15(21)22/h1-8,18H,(H,16,17)(H,19,20)(H,21,22). The number of hydrogen-bond acceptors (Lipinski definition) is 5. The third kappa shape index (κ3) is 3.21. The zero-order chi connectivity index (χ0) is 16.1. The van der Waals surface area contributed by atoms with Gasteiger partial charge < -0.3 is 20.6 Å². The zero-order valence-corrected chi connectivity index (χ0v) is 11.2. The van der Waals surface area contributed by atoms with Gasteiger partial charge in [0.1, 0.15) is 0 Å². The van der Waals surface area contributed by atoms with E-state index >= 15 is 0 Å². The lowest BCUT2D eigenvalue weighted by Crippen LogP contribution is -2.17. The molecule has 0 unspecified atom stereocenters. The second-order valence-corrected chi connectivity index (χ2v) is 4.22. The Kier molecular flexibility index (Phi) is 4.38. The van der Waals surface area contributed by atoms with Crippen LogP contribution in [-0.4, -0.2) is 32.2 Å². The molecule has 1 heterocycles. The molecule has 22 heavy (non-hydrogen) atoms. The number of rotatable bonds is 5. The predicted molar refractivity (Wildman–Crippen MR) is 78.2 cm³/mol. The van der Waals surface area contributed by atoms with Gasteiger partial charge in [-0.15, -0.1) is 0 Å². The summed E-state index contributed by atoms with van der Waals surface area (Å²) < 4.78 is 0. The summed E-state index contributed by atoms with van der Waals surface area (Å²) in [5, 5.41) is 30.6. The fraction of sp³-hybridized carbons (Fsp3) is 0. The molecule has 0 saturated heterocycles. The molecule has 2 rings (SSSR count). The molecule has 4 N–H and O–H groups in total. The van der Waals surface area contributed by atoms with Crippen LogP contribution in [0.5, 0.6) is 5.75 Å². The number of carbonyl (C=O) groups is 2. The molecule has 1 aromatic heterocycles. The van der Waals surface area contributed by atoms with E-state index in [2.05, 4.69) is 10.3 Å². The fourth-order valence-electron chi connectivity index (χ4n) is 1.80. The molecule has 2 aromatic rings. The Balaban J connectivity index is 2.61. The number of hydrogen-bond donors (Lipinski definition) is 4. The maximum absolute atomic E-state index is 11.3. The number of nitrogens with zero attached hydrogens (tertiary/aromatic N) is 1. The van der Waals surface area contributed by atoms with E-state index in [0.717, 1.165) is 0 Å². The number of aliphatic carboxylic acids is 2. The van der Waals surface area contributed by atoms with E-state index in [1.807, 2.05) is 0 Å². The summed E-state index contributed by atoms with van der Waals surface area (Å²) in [5.41, 5.74) is -0.682. The Morgan fingerprint density at radius 3 is 2.14 bits per heavy atom. The highest BCUT2D eigenvalue weighted by molar-refractivity contribution is 6.19. The minimum atomic E-state index is -1.60. The van der Waals surface area contributed by atoms with E-state index in [9.17, 15) is 14.7 Å². The van der Waals surface area contributed by atoms with Crippen LogP contribution in [-0.2, 0) is 9.59 Å². The highest BCUT2D eigenvalue weighted by atomic mass is 16.4. The topological polar surface area (TPSA) is 120 Å². The Labute approximate surface area is 125 Å². The van der Waals surface area contributed by atoms with Crippen molar-refractivity contribution < 1.29 is 24.9 Å². The van der Waals surface area contributed by atoms with Gasteiger partial charge in [0.05, 0.1) is 5.70 Å². The molecule has 7 heteroatoms. The van der Waals surface area contributed by atoms with Crippen molar-refractivity contribution in [2.75, 3.05) is 5.32 Å². The second-order valence-electron chi connectivity index (χ2n) is 4.22. The minimum Gasteiger partial charge on any atom is -0.504 e. The summed E-state index contributed by atoms with van der Waals surface area (Å²) in [6.07, 6.45) is 1.38. The van der Waals surface area contributed by atoms with E-state index in [1.165, 1.54) is 18.3 Å². The van der Waals surface area contributed by atoms with E-state index < -0.39 is 17.5 Å². The number of carboxylic acids is 2. The van der Waals surface area contributed by atoms with Gasteiger partial charge >= 0.3 is 11.9 Å². The van der Waals surface area contributed by atoms with Crippen molar-refractivity contribution in [3.05, 3.63) is 59.8 Å². The van der Waals surface area contributed by atoms with Gasteiger partial charge in [0.2, 0.25) is 0 Å². The number of anilines is 1. The highest BCUT2D eigenvalue weighted by Gasteiger charge is 2.24. The lowest BCUT2D eigenvalue weighted by Gasteiger charge is -2.13. The SMILES string of the molecule is O=C(O)C(C(=O)O)=C(Nc1ncccc1O)c1ccccc1. The molecule has 0 spiro atoms. The molecule has 0 bridgehead atoms. The van der Waals surface area contributed by atoms with Crippen LogP contribution in [0.4, 0.5) is 5.82 Å². The van der Waals surface area contributed by atoms with E-state index in [-0.39, 0.29) is 17.3 Å². The van der Waals surface area contributed by atoms with Crippen LogP contribution in [0.1, 0.15) is 5.56 Å². The van der Waals surface area contributed by atoms with Gasteiger partial charge in [0.15, 0.2) is 17.1 Å². The molecule has 0 atom stereocenters. The highest BCUT2D eigenvalue weighted by Crippen LogP contribution is 2.26. The summed E-state index contributed by atoms with van der Waals surface area (Å²) >= 11 is 0. The van der Waals surface area contributed by atoms with E-state index in [1.54, 1.807) is 30.3 Å². The van der Waals surface area contributed by atoms with Crippen molar-refractivity contribution >= 4 is 23.5 Å². The smallest absolute Gasteiger partial charge is 0.345 e. The predicted octanol–water partition coefficient (Wildman–Crippen LogP) is 1.78. The van der Waals surface area contributed by atoms with Crippen molar-refractivity contribution in [3.8, 4) is 5.75 Å². The van der Waals surface area contributed by atoms with Gasteiger partial charge in [-0.05, 0) is 17.7 Å². The number of nitrogens with one attached hydrogen (secondary N) is 1. The number of aromatic hydroxyl groups is 1. The first kappa shape index (κ1) is 15.0. The number of pyridine rings is 1. The lowest BCUT2D eigenvalue weighted by molar-refractivity contribution is -0.140. The normalized spacial score (nSPS) is 9.82. The summed E-state index contributed by atoms with van der Waals surface area (Å²) in [6, 6.07) is 10.9. The quantitative estimate of drug-likeness (QED) is 0.377. The monoisotopic (exact) mass is 300 g/mol. The Bertz CT molecular complexity index is 725. The molecule has 0 amide bonds. The van der Waals surface area contributed by atoms with Crippen LogP contribution in [0, 0.1) is 0 Å². The first-order chi connectivity index (χ1) is 10.5. The molecule has 0 fully saturated rings. The van der Waals surface area contributed by atoms with Crippen LogP contribution >= 0.6 is 0 Å². The van der Waals surface area contributed by atoms with Crippen molar-refractivity contribution in [2.24, 2.45) is 0 Å². The van der Waals surface area contributed by atoms with Gasteiger partial charge in [0.25, 0.3) is 0 Å². The molecule has 0 saturated carbocycles. The van der Waals surface area contributed by atoms with Crippen molar-refractivity contribution in [1.29, 1.82) is 0 Å². The van der Waals surface area contributed by atoms with Crippen molar-refractivity contribution in [2.45, 2.75) is 0 Å². The zero-order valence-electron chi connectivity index (χ0n) is 11.2. The van der Waals surface area contributed by atoms with Gasteiger partial charge in [-0.3, -0.25) is 0 Å². The molecule has 0 aliphatic heterocycles. The van der Waals surface area contributed by atoms with Gasteiger partial charge in [-0.25, -0.2) is 14.6 Å². The molecule has 0 aliphatic rings. The van der Waals surface area contributed by atoms with Crippen LogP contribution in [0.3, 0.4) is 0 Å². The minimum absolute atomic E-state index is 0.0404. The van der Waals surface area contributed by atoms with Crippen LogP contribution < -0.4 is 5.32 Å². The average Bonchev–Trinajstić information content (AvgIpc) is 2.49. The van der Waals surface area contributed by atoms with E-state index in [0.29, 0.717) is 5.56 Å². The summed E-state index contributed by atoms with van der Waals surface area (Å²) in [7, 11) is 0. The molecule has 7 nitrogen and oxygen atoms in total. The summed E-state index contributed by atoms with van der Waals surface area (Å²) in [4.78, 5) is 26.4. The first-order valence-corrected chi connectivity index (χ1v) is 6.18. The Hall–Kier alpha value is -3.35. The van der Waals surface area contributed by atoms with E-state index in [4.69, 9.17) is 10.2 Å². The van der Waals surface area contributed by atoms with Crippen molar-refractivity contribution in [3.63, 3.8) is 0 Å². The third-order valence-corrected chi connectivity index (χ3v) is 2.77. The third-order valence-electron chi connectivity index (χ3n) is 2.77. The molecular weight excluding hydrogens is 288 g/mol. The summed E-state index contributed by atoms with van der Waals surface area (Å²) in [6.45, 7) is 0. The Morgan fingerprint density at radius 1 is 0.955 bits per heavy atom. The van der Waals surface area contributed by atoms with Gasteiger partial charge in [-0.1, -0.05) is 30.3 Å².